The Balaban J connectivity index is 1.31. The van der Waals surface area contributed by atoms with Gasteiger partial charge in [-0.3, -0.25) is 0 Å². The maximum absolute atomic E-state index is 3.90. The van der Waals surface area contributed by atoms with Gasteiger partial charge in [0.25, 0.3) is 0 Å². The summed E-state index contributed by atoms with van der Waals surface area (Å²) in [6.07, 6.45) is 0. The molecule has 0 radical (unpaired) electrons. The molecule has 38 heavy (non-hydrogen) atoms. The van der Waals surface area contributed by atoms with Crippen LogP contribution in [0.3, 0.4) is 0 Å². The number of benzene rings is 5. The summed E-state index contributed by atoms with van der Waals surface area (Å²) in [4.78, 5) is 0. The average molecular weight is 662 g/mol. The van der Waals surface area contributed by atoms with Crippen molar-refractivity contribution in [1.82, 2.24) is 10.2 Å². The zero-order chi connectivity index (χ0) is 26.3. The molecule has 0 saturated carbocycles. The Kier molecular flexibility index (Phi) is 9.29. The summed E-state index contributed by atoms with van der Waals surface area (Å²) in [5.74, 6) is 0. The second kappa shape index (κ2) is 12.8. The normalized spacial score (nSPS) is 11.8. The Hall–Kier alpha value is -2.08. The van der Waals surface area contributed by atoms with Crippen molar-refractivity contribution in [2.45, 2.75) is 13.1 Å². The molecule has 0 unspecified atom stereocenters. The molecule has 6 heteroatoms. The predicted molar refractivity (Wildman–Crippen MR) is 170 cm³/mol. The average Bonchev–Trinajstić information content (AvgIpc) is 3.01. The molecule has 5 rings (SSSR count). The third-order valence-corrected chi connectivity index (χ3v) is 18.8. The van der Waals surface area contributed by atoms with E-state index in [2.05, 4.69) is 186 Å². The molecule has 5 aromatic carbocycles. The Bertz CT molecular complexity index is 1340. The van der Waals surface area contributed by atoms with Gasteiger partial charge in [0.15, 0.2) is 0 Å². The van der Waals surface area contributed by atoms with E-state index in [9.17, 15) is 0 Å². The van der Waals surface area contributed by atoms with Gasteiger partial charge in [-0.15, -0.1) is 0 Å². The van der Waals surface area contributed by atoms with Crippen LogP contribution in [0.1, 0.15) is 11.1 Å². The van der Waals surface area contributed by atoms with Crippen molar-refractivity contribution >= 4 is 62.7 Å². The van der Waals surface area contributed by atoms with Crippen molar-refractivity contribution in [3.8, 4) is 0 Å². The molecule has 0 aromatic heterocycles. The molecule has 190 valence electrons. The summed E-state index contributed by atoms with van der Waals surface area (Å²) >= 11 is 7.13. The van der Waals surface area contributed by atoms with Crippen LogP contribution >= 0.6 is 11.3 Å². The van der Waals surface area contributed by atoms with Crippen molar-refractivity contribution < 1.29 is 0 Å². The zero-order valence-corrected chi connectivity index (χ0v) is 26.2. The number of hydrogen-bond acceptors (Lipinski definition) is 2. The molecule has 0 atom stereocenters. The number of nitrogens with one attached hydrogen (secondary N) is 2. The van der Waals surface area contributed by atoms with Gasteiger partial charge in [-0.2, -0.15) is 0 Å². The van der Waals surface area contributed by atoms with Crippen LogP contribution in [-0.2, 0) is 13.1 Å². The third kappa shape index (κ3) is 6.38. The fourth-order valence-corrected chi connectivity index (χ4v) is 12.8. The maximum atomic E-state index is 3.90. The Morgan fingerprint density at radius 2 is 0.605 bits per heavy atom. The van der Waals surface area contributed by atoms with Crippen molar-refractivity contribution in [2.75, 3.05) is 0 Å². The molecule has 0 aliphatic rings. The third-order valence-electron chi connectivity index (χ3n) is 6.51. The van der Waals surface area contributed by atoms with Gasteiger partial charge < -0.3 is 0 Å². The minimum absolute atomic E-state index is 0.796. The molecule has 0 amide bonds. The fraction of sp³-hybridized carbons (Fsp3) is 0.0625. The van der Waals surface area contributed by atoms with E-state index in [1.54, 1.807) is 0 Å². The molecular weight excluding hydrogens is 632 g/mol. The molecule has 0 fully saturated rings. The van der Waals surface area contributed by atoms with E-state index in [0.717, 1.165) is 13.1 Å². The van der Waals surface area contributed by atoms with E-state index in [-0.39, 0.29) is 0 Å². The van der Waals surface area contributed by atoms with Crippen molar-refractivity contribution in [2.24, 2.45) is 0 Å². The Labute approximate surface area is 241 Å². The van der Waals surface area contributed by atoms with Gasteiger partial charge in [0.1, 0.15) is 0 Å². The first-order chi connectivity index (χ1) is 18.6. The predicted octanol–water partition coefficient (Wildman–Crippen LogP) is 5.20. The standard InChI is InChI=1S/C32H30N2P2Se2/c37-35(29-13-5-1-6-14-29,30-15-7-2-8-16-30)33-25-27-21-23-28(24-22-27)26-34-36(38,31-17-9-3-10-18-31)32-19-11-4-12-20-32/h1-24H,25-26H2,(H,33,37)(H,34,38). The van der Waals surface area contributed by atoms with E-state index >= 15 is 0 Å². The van der Waals surface area contributed by atoms with Crippen molar-refractivity contribution in [3.05, 3.63) is 157 Å². The van der Waals surface area contributed by atoms with Crippen LogP contribution in [0.25, 0.3) is 0 Å². The second-order valence-corrected chi connectivity index (χ2v) is 21.1. The first-order valence-electron chi connectivity index (χ1n) is 12.6. The van der Waals surface area contributed by atoms with Gasteiger partial charge in [-0.1, -0.05) is 0 Å². The monoisotopic (exact) mass is 664 g/mol. The van der Waals surface area contributed by atoms with Gasteiger partial charge in [0, 0.05) is 0 Å². The van der Waals surface area contributed by atoms with Gasteiger partial charge in [-0.05, 0) is 0 Å². The van der Waals surface area contributed by atoms with Crippen molar-refractivity contribution in [3.63, 3.8) is 0 Å². The van der Waals surface area contributed by atoms with Crippen LogP contribution in [0, 0.1) is 0 Å². The van der Waals surface area contributed by atoms with Crippen LogP contribution in [0.2, 0.25) is 0 Å². The fourth-order valence-electron chi connectivity index (χ4n) is 4.40. The van der Waals surface area contributed by atoms with E-state index in [1.165, 1.54) is 32.3 Å². The molecule has 2 nitrogen and oxygen atoms in total. The molecule has 0 heterocycles. The summed E-state index contributed by atoms with van der Waals surface area (Å²) in [6.45, 7) is 1.59. The molecule has 0 aliphatic carbocycles. The summed E-state index contributed by atoms with van der Waals surface area (Å²) in [7, 11) is 0. The Morgan fingerprint density at radius 3 is 0.842 bits per heavy atom. The van der Waals surface area contributed by atoms with Crippen LogP contribution < -0.4 is 31.4 Å². The molecule has 0 aliphatic heterocycles. The van der Waals surface area contributed by atoms with E-state index < -0.39 is 11.3 Å². The molecule has 0 spiro atoms. The topological polar surface area (TPSA) is 24.1 Å². The Morgan fingerprint density at radius 1 is 0.368 bits per heavy atom. The SMILES string of the molecule is [Se]=P(NCc1ccc(CNP(=[Se])(c2ccccc2)c2ccccc2)cc1)(c1ccccc1)c1ccccc1. The quantitative estimate of drug-likeness (QED) is 0.159. The molecule has 0 bridgehead atoms. The first kappa shape index (κ1) is 27.5. The van der Waals surface area contributed by atoms with Crippen LogP contribution in [0.5, 0.6) is 0 Å². The van der Waals surface area contributed by atoms with Crippen LogP contribution in [0.4, 0.5) is 0 Å². The minimum atomic E-state index is -1.84. The molecular formula is C32H30N2P2Se2. The zero-order valence-electron chi connectivity index (χ0n) is 21.0. The summed E-state index contributed by atoms with van der Waals surface area (Å²) in [5, 5.41) is 13.1. The second-order valence-electron chi connectivity index (χ2n) is 9.05. The van der Waals surface area contributed by atoms with Crippen molar-refractivity contribution in [1.29, 1.82) is 0 Å². The van der Waals surface area contributed by atoms with E-state index in [1.807, 2.05) is 0 Å². The number of hydrogen-bond donors (Lipinski definition) is 2. The van der Waals surface area contributed by atoms with Gasteiger partial charge in [0.05, 0.1) is 0 Å². The first-order valence-corrected chi connectivity index (χ1v) is 20.6. The van der Waals surface area contributed by atoms with Gasteiger partial charge in [-0.25, -0.2) is 0 Å². The summed E-state index contributed by atoms with van der Waals surface area (Å²) in [6, 6.07) is 52.0. The number of rotatable bonds is 10. The molecule has 5 aromatic rings. The summed E-state index contributed by atoms with van der Waals surface area (Å²) in [5.41, 5.74) is -1.14. The van der Waals surface area contributed by atoms with E-state index in [0.29, 0.717) is 0 Å². The van der Waals surface area contributed by atoms with Gasteiger partial charge in [0.2, 0.25) is 0 Å². The van der Waals surface area contributed by atoms with Crippen LogP contribution in [0.15, 0.2) is 146 Å². The van der Waals surface area contributed by atoms with E-state index in [4.69, 9.17) is 0 Å². The summed E-state index contributed by atoms with van der Waals surface area (Å²) < 4.78 is 0. The van der Waals surface area contributed by atoms with Crippen LogP contribution in [-0.4, -0.2) is 30.2 Å². The van der Waals surface area contributed by atoms with Gasteiger partial charge >= 0.3 is 243 Å². The molecule has 2 N–H and O–H groups in total. The molecule has 0 saturated heterocycles.